The topological polar surface area (TPSA) is 119 Å². The first-order chi connectivity index (χ1) is 14.3. The zero-order valence-electron chi connectivity index (χ0n) is 16.8. The van der Waals surface area contributed by atoms with E-state index < -0.39 is 10.0 Å². The van der Waals surface area contributed by atoms with Crippen LogP contribution in [0.25, 0.3) is 5.69 Å². The number of hydrogen-bond acceptors (Lipinski definition) is 6. The minimum atomic E-state index is -3.36. The first-order valence-electron chi connectivity index (χ1n) is 9.47. The second-order valence-corrected chi connectivity index (χ2v) is 8.98. The van der Waals surface area contributed by atoms with Gasteiger partial charge in [0.2, 0.25) is 15.9 Å². The quantitative estimate of drug-likeness (QED) is 0.531. The lowest BCUT2D eigenvalue weighted by Gasteiger charge is -2.10. The van der Waals surface area contributed by atoms with Crippen LogP contribution in [0.2, 0.25) is 0 Å². The highest BCUT2D eigenvalue weighted by atomic mass is 32.2. The van der Waals surface area contributed by atoms with Crippen LogP contribution in [-0.2, 0) is 33.5 Å². The average molecular weight is 429 g/mol. The Morgan fingerprint density at radius 2 is 1.63 bits per heavy atom. The molecule has 2 aromatic carbocycles. The molecule has 3 aromatic rings. The Labute approximate surface area is 175 Å². The van der Waals surface area contributed by atoms with E-state index >= 15 is 0 Å². The lowest BCUT2D eigenvalue weighted by Crippen LogP contribution is -2.31. The number of sulfonamides is 1. The summed E-state index contributed by atoms with van der Waals surface area (Å²) in [4.78, 5) is 12.2. The maximum atomic E-state index is 12.2. The number of hydrogen-bond donors (Lipinski definition) is 2. The zero-order valence-corrected chi connectivity index (χ0v) is 17.6. The van der Waals surface area contributed by atoms with Crippen LogP contribution in [0.5, 0.6) is 0 Å². The lowest BCUT2D eigenvalue weighted by molar-refractivity contribution is -0.120. The Bertz CT molecular complexity index is 1060. The smallest absolute Gasteiger partial charge is 0.224 e. The Morgan fingerprint density at radius 3 is 2.23 bits per heavy atom. The van der Waals surface area contributed by atoms with Crippen molar-refractivity contribution < 1.29 is 13.2 Å². The van der Waals surface area contributed by atoms with Crippen LogP contribution in [0.15, 0.2) is 54.9 Å². The largest absolute Gasteiger partial charge is 0.352 e. The molecule has 158 valence electrons. The van der Waals surface area contributed by atoms with Gasteiger partial charge in [-0.15, -0.1) is 5.10 Å². The highest BCUT2D eigenvalue weighted by Crippen LogP contribution is 2.10. The number of nitrogens with zero attached hydrogens (tertiary/aromatic N) is 4. The molecular weight excluding hydrogens is 404 g/mol. The third-order valence-corrected chi connectivity index (χ3v) is 5.74. The van der Waals surface area contributed by atoms with Crippen LogP contribution in [0.4, 0.5) is 0 Å². The summed E-state index contributed by atoms with van der Waals surface area (Å²) in [7, 11) is -3.36. The Kier molecular flexibility index (Phi) is 6.91. The van der Waals surface area contributed by atoms with Gasteiger partial charge in [0.05, 0.1) is 17.9 Å². The minimum Gasteiger partial charge on any atom is -0.352 e. The van der Waals surface area contributed by atoms with E-state index in [1.165, 1.54) is 11.0 Å². The standard InChI is InChI=1S/C20H24N6O3S/c1-15(2)23-30(28,29)13-18-5-3-17(4-6-18)12-21-20(27)11-16-7-9-19(10-8-16)26-14-22-24-25-26/h3-10,14-15,23H,11-13H2,1-2H3,(H,21,27). The van der Waals surface area contributed by atoms with E-state index in [1.807, 2.05) is 36.4 Å². The lowest BCUT2D eigenvalue weighted by atomic mass is 10.1. The van der Waals surface area contributed by atoms with Gasteiger partial charge in [-0.05, 0) is 53.1 Å². The molecule has 0 bridgehead atoms. The van der Waals surface area contributed by atoms with Gasteiger partial charge in [-0.25, -0.2) is 17.8 Å². The number of amides is 1. The fraction of sp³-hybridized carbons (Fsp3) is 0.300. The van der Waals surface area contributed by atoms with Crippen molar-refractivity contribution in [1.82, 2.24) is 30.2 Å². The molecule has 0 aliphatic heterocycles. The molecule has 10 heteroatoms. The predicted octanol–water partition coefficient (Wildman–Crippen LogP) is 1.35. The molecule has 0 radical (unpaired) electrons. The molecule has 0 saturated carbocycles. The third kappa shape index (κ3) is 6.46. The Hall–Kier alpha value is -3.11. The van der Waals surface area contributed by atoms with E-state index in [-0.39, 0.29) is 24.1 Å². The third-order valence-electron chi connectivity index (χ3n) is 4.20. The summed E-state index contributed by atoms with van der Waals surface area (Å²) in [6.07, 6.45) is 1.76. The van der Waals surface area contributed by atoms with Crippen molar-refractivity contribution in [3.63, 3.8) is 0 Å². The molecule has 0 fully saturated rings. The van der Waals surface area contributed by atoms with E-state index in [1.54, 1.807) is 26.0 Å². The predicted molar refractivity (Wildman–Crippen MR) is 112 cm³/mol. The van der Waals surface area contributed by atoms with E-state index in [0.717, 1.165) is 16.8 Å². The molecule has 0 aliphatic carbocycles. The van der Waals surface area contributed by atoms with Crippen LogP contribution in [0, 0.1) is 0 Å². The number of benzene rings is 2. The first kappa shape index (κ1) is 21.6. The van der Waals surface area contributed by atoms with Gasteiger partial charge < -0.3 is 5.32 Å². The summed E-state index contributed by atoms with van der Waals surface area (Å²) in [5.41, 5.74) is 3.29. The van der Waals surface area contributed by atoms with E-state index in [2.05, 4.69) is 25.6 Å². The zero-order chi connectivity index (χ0) is 21.6. The first-order valence-corrected chi connectivity index (χ1v) is 11.1. The summed E-state index contributed by atoms with van der Waals surface area (Å²) < 4.78 is 28.1. The van der Waals surface area contributed by atoms with Crippen molar-refractivity contribution in [3.8, 4) is 5.69 Å². The van der Waals surface area contributed by atoms with Crippen LogP contribution in [-0.4, -0.2) is 40.6 Å². The summed E-state index contributed by atoms with van der Waals surface area (Å²) >= 11 is 0. The van der Waals surface area contributed by atoms with Crippen molar-refractivity contribution in [2.75, 3.05) is 0 Å². The van der Waals surface area contributed by atoms with Crippen molar-refractivity contribution in [2.24, 2.45) is 0 Å². The number of nitrogens with one attached hydrogen (secondary N) is 2. The molecule has 0 atom stereocenters. The van der Waals surface area contributed by atoms with Crippen molar-refractivity contribution in [2.45, 2.75) is 38.6 Å². The van der Waals surface area contributed by atoms with E-state index in [4.69, 9.17) is 0 Å². The molecule has 3 rings (SSSR count). The molecule has 1 heterocycles. The molecule has 30 heavy (non-hydrogen) atoms. The number of aromatic nitrogens is 4. The molecule has 1 amide bonds. The summed E-state index contributed by atoms with van der Waals surface area (Å²) in [6.45, 7) is 3.94. The summed E-state index contributed by atoms with van der Waals surface area (Å²) in [5, 5.41) is 13.9. The fourth-order valence-electron chi connectivity index (χ4n) is 2.87. The monoisotopic (exact) mass is 428 g/mol. The average Bonchev–Trinajstić information content (AvgIpc) is 3.21. The van der Waals surface area contributed by atoms with Crippen LogP contribution < -0.4 is 10.0 Å². The fourth-order valence-corrected chi connectivity index (χ4v) is 4.30. The maximum Gasteiger partial charge on any atom is 0.224 e. The minimum absolute atomic E-state index is 0.0710. The molecule has 9 nitrogen and oxygen atoms in total. The van der Waals surface area contributed by atoms with Gasteiger partial charge in [0.15, 0.2) is 0 Å². The van der Waals surface area contributed by atoms with Crippen molar-refractivity contribution in [3.05, 3.63) is 71.5 Å². The molecule has 1 aromatic heterocycles. The number of rotatable bonds is 9. The van der Waals surface area contributed by atoms with Gasteiger partial charge >= 0.3 is 0 Å². The molecule has 2 N–H and O–H groups in total. The molecule has 0 aliphatic rings. The summed E-state index contributed by atoms with van der Waals surface area (Å²) in [6, 6.07) is 14.4. The Balaban J connectivity index is 1.49. The summed E-state index contributed by atoms with van der Waals surface area (Å²) in [5.74, 6) is -0.170. The number of carbonyl (C=O) groups is 1. The van der Waals surface area contributed by atoms with Crippen LogP contribution >= 0.6 is 0 Å². The normalized spacial score (nSPS) is 11.6. The van der Waals surface area contributed by atoms with Gasteiger partial charge in [0, 0.05) is 12.6 Å². The second kappa shape index (κ2) is 9.59. The molecular formula is C20H24N6O3S. The van der Waals surface area contributed by atoms with Crippen molar-refractivity contribution in [1.29, 1.82) is 0 Å². The Morgan fingerprint density at radius 1 is 1.00 bits per heavy atom. The van der Waals surface area contributed by atoms with E-state index in [9.17, 15) is 13.2 Å². The highest BCUT2D eigenvalue weighted by molar-refractivity contribution is 7.88. The van der Waals surface area contributed by atoms with Gasteiger partial charge in [-0.2, -0.15) is 0 Å². The highest BCUT2D eigenvalue weighted by Gasteiger charge is 2.13. The number of tetrazole rings is 1. The van der Waals surface area contributed by atoms with E-state index in [0.29, 0.717) is 12.1 Å². The SMILES string of the molecule is CC(C)NS(=O)(=O)Cc1ccc(CNC(=O)Cc2ccc(-n3cnnn3)cc2)cc1. The van der Waals surface area contributed by atoms with Crippen molar-refractivity contribution >= 4 is 15.9 Å². The van der Waals surface area contributed by atoms with Gasteiger partial charge in [0.25, 0.3) is 0 Å². The number of carbonyl (C=O) groups excluding carboxylic acids is 1. The molecule has 0 unspecified atom stereocenters. The van der Waals surface area contributed by atoms with Gasteiger partial charge in [-0.3, -0.25) is 4.79 Å². The maximum absolute atomic E-state index is 12.2. The van der Waals surface area contributed by atoms with Gasteiger partial charge in [0.1, 0.15) is 6.33 Å². The van der Waals surface area contributed by atoms with Crippen LogP contribution in [0.3, 0.4) is 0 Å². The molecule has 0 saturated heterocycles. The second-order valence-electron chi connectivity index (χ2n) is 7.22. The van der Waals surface area contributed by atoms with Crippen LogP contribution in [0.1, 0.15) is 30.5 Å². The van der Waals surface area contributed by atoms with Gasteiger partial charge in [-0.1, -0.05) is 36.4 Å². The molecule has 0 spiro atoms.